The van der Waals surface area contributed by atoms with E-state index < -0.39 is 10.0 Å². The van der Waals surface area contributed by atoms with E-state index in [1.807, 2.05) is 23.9 Å². The van der Waals surface area contributed by atoms with E-state index in [0.29, 0.717) is 17.8 Å². The average molecular weight is 413 g/mol. The van der Waals surface area contributed by atoms with Gasteiger partial charge in [-0.25, -0.2) is 8.42 Å². The summed E-state index contributed by atoms with van der Waals surface area (Å²) in [6, 6.07) is 14.8. The van der Waals surface area contributed by atoms with Crippen LogP contribution in [0, 0.1) is 6.92 Å². The fraction of sp³-hybridized carbons (Fsp3) is 0.238. The van der Waals surface area contributed by atoms with Gasteiger partial charge in [0.1, 0.15) is 0 Å². The third-order valence-electron chi connectivity index (χ3n) is 4.51. The molecule has 7 nitrogen and oxygen atoms in total. The van der Waals surface area contributed by atoms with Crippen LogP contribution in [-0.4, -0.2) is 37.7 Å². The lowest BCUT2D eigenvalue weighted by atomic mass is 10.2. The predicted octanol–water partition coefficient (Wildman–Crippen LogP) is 2.84. The predicted molar refractivity (Wildman–Crippen MR) is 112 cm³/mol. The third-order valence-corrected chi connectivity index (χ3v) is 6.31. The maximum atomic E-state index is 12.8. The average Bonchev–Trinajstić information content (AvgIpc) is 3.16. The largest absolute Gasteiger partial charge is 0.352 e. The maximum absolute atomic E-state index is 12.8. The number of rotatable bonds is 8. The van der Waals surface area contributed by atoms with Gasteiger partial charge in [-0.3, -0.25) is 13.8 Å². The van der Waals surface area contributed by atoms with Crippen molar-refractivity contribution in [2.75, 3.05) is 17.9 Å². The van der Waals surface area contributed by atoms with Crippen molar-refractivity contribution in [3.05, 3.63) is 78.1 Å². The molecule has 8 heteroatoms. The molecule has 0 atom stereocenters. The van der Waals surface area contributed by atoms with Crippen LogP contribution in [0.5, 0.6) is 0 Å². The second-order valence-corrected chi connectivity index (χ2v) is 8.69. The van der Waals surface area contributed by atoms with Gasteiger partial charge in [0.15, 0.2) is 0 Å². The molecule has 0 fully saturated rings. The van der Waals surface area contributed by atoms with E-state index in [1.165, 1.54) is 35.6 Å². The van der Waals surface area contributed by atoms with Crippen molar-refractivity contribution in [2.45, 2.75) is 24.8 Å². The van der Waals surface area contributed by atoms with Gasteiger partial charge in [-0.15, -0.1) is 0 Å². The molecule has 1 heterocycles. The van der Waals surface area contributed by atoms with Crippen molar-refractivity contribution < 1.29 is 13.2 Å². The van der Waals surface area contributed by atoms with E-state index in [9.17, 15) is 13.2 Å². The molecule has 152 valence electrons. The highest BCUT2D eigenvalue weighted by molar-refractivity contribution is 7.92. The minimum atomic E-state index is -3.69. The highest BCUT2D eigenvalue weighted by Crippen LogP contribution is 2.21. The van der Waals surface area contributed by atoms with Crippen LogP contribution in [0.2, 0.25) is 0 Å². The number of benzene rings is 2. The monoisotopic (exact) mass is 412 g/mol. The number of anilines is 1. The smallest absolute Gasteiger partial charge is 0.264 e. The van der Waals surface area contributed by atoms with E-state index in [1.54, 1.807) is 30.5 Å². The Kier molecular flexibility index (Phi) is 6.33. The number of hydrogen-bond acceptors (Lipinski definition) is 4. The van der Waals surface area contributed by atoms with E-state index in [2.05, 4.69) is 10.4 Å². The Labute approximate surface area is 171 Å². The molecule has 0 unspecified atom stereocenters. The summed E-state index contributed by atoms with van der Waals surface area (Å²) < 4.78 is 28.6. The summed E-state index contributed by atoms with van der Waals surface area (Å²) in [4.78, 5) is 12.4. The summed E-state index contributed by atoms with van der Waals surface area (Å²) in [6.45, 7) is 3.21. The van der Waals surface area contributed by atoms with Crippen molar-refractivity contribution in [1.29, 1.82) is 0 Å². The number of sulfonamides is 1. The second-order valence-electron chi connectivity index (χ2n) is 6.72. The molecule has 0 saturated carbocycles. The standard InChI is InChI=1S/C21H24N4O3S/c1-17-15-23-25(16-17)14-6-13-22-21(26)18-9-11-20(12-10-18)29(27,28)24(2)19-7-4-3-5-8-19/h3-5,7-12,15-16H,6,13-14H2,1-2H3,(H,22,26). The van der Waals surface area contributed by atoms with Gasteiger partial charge in [0.2, 0.25) is 0 Å². The van der Waals surface area contributed by atoms with Crippen LogP contribution >= 0.6 is 0 Å². The number of nitrogens with zero attached hydrogens (tertiary/aromatic N) is 3. The highest BCUT2D eigenvalue weighted by Gasteiger charge is 2.21. The zero-order chi connectivity index (χ0) is 20.9. The number of para-hydroxylation sites is 1. The summed E-state index contributed by atoms with van der Waals surface area (Å²) in [5.74, 6) is -0.234. The lowest BCUT2D eigenvalue weighted by Crippen LogP contribution is -2.27. The first-order chi connectivity index (χ1) is 13.9. The zero-order valence-electron chi connectivity index (χ0n) is 16.4. The van der Waals surface area contributed by atoms with Crippen LogP contribution in [-0.2, 0) is 16.6 Å². The van der Waals surface area contributed by atoms with Crippen LogP contribution in [0.3, 0.4) is 0 Å². The van der Waals surface area contributed by atoms with Crippen LogP contribution in [0.4, 0.5) is 5.69 Å². The Morgan fingerprint density at radius 3 is 2.41 bits per heavy atom. The first-order valence-corrected chi connectivity index (χ1v) is 10.7. The van der Waals surface area contributed by atoms with Crippen molar-refractivity contribution in [3.8, 4) is 0 Å². The van der Waals surface area contributed by atoms with Crippen molar-refractivity contribution in [2.24, 2.45) is 0 Å². The van der Waals surface area contributed by atoms with Gasteiger partial charge >= 0.3 is 0 Å². The van der Waals surface area contributed by atoms with E-state index in [4.69, 9.17) is 0 Å². The van der Waals surface area contributed by atoms with Crippen LogP contribution in [0.15, 0.2) is 71.9 Å². The number of carbonyl (C=O) groups excluding carboxylic acids is 1. The van der Waals surface area contributed by atoms with Crippen LogP contribution in [0.25, 0.3) is 0 Å². The number of hydrogen-bond donors (Lipinski definition) is 1. The first-order valence-electron chi connectivity index (χ1n) is 9.29. The number of aromatic nitrogens is 2. The summed E-state index contributed by atoms with van der Waals surface area (Å²) in [5.41, 5.74) is 2.09. The van der Waals surface area contributed by atoms with Crippen molar-refractivity contribution in [3.63, 3.8) is 0 Å². The molecule has 29 heavy (non-hydrogen) atoms. The van der Waals surface area contributed by atoms with Crippen LogP contribution < -0.4 is 9.62 Å². The normalized spacial score (nSPS) is 11.2. The number of nitrogens with one attached hydrogen (secondary N) is 1. The summed E-state index contributed by atoms with van der Waals surface area (Å²) in [7, 11) is -2.19. The molecule has 0 radical (unpaired) electrons. The zero-order valence-corrected chi connectivity index (χ0v) is 17.3. The molecular weight excluding hydrogens is 388 g/mol. The molecule has 1 N–H and O–H groups in total. The Hall–Kier alpha value is -3.13. The summed E-state index contributed by atoms with van der Waals surface area (Å²) in [5, 5.41) is 7.05. The third kappa shape index (κ3) is 5.03. The number of amides is 1. The molecule has 0 aliphatic carbocycles. The highest BCUT2D eigenvalue weighted by atomic mass is 32.2. The quantitative estimate of drug-likeness (QED) is 0.577. The summed E-state index contributed by atoms with van der Waals surface area (Å²) >= 11 is 0. The Bertz CT molecular complexity index is 1060. The molecular formula is C21H24N4O3S. The lowest BCUT2D eigenvalue weighted by molar-refractivity contribution is 0.0952. The van der Waals surface area contributed by atoms with E-state index >= 15 is 0 Å². The minimum absolute atomic E-state index is 0.134. The van der Waals surface area contributed by atoms with Gasteiger partial charge < -0.3 is 5.32 Å². The molecule has 1 aromatic heterocycles. The number of aryl methyl sites for hydroxylation is 2. The molecule has 3 rings (SSSR count). The molecule has 0 spiro atoms. The van der Waals surface area contributed by atoms with Gasteiger partial charge in [0, 0.05) is 31.9 Å². The summed E-state index contributed by atoms with van der Waals surface area (Å²) in [6.07, 6.45) is 4.50. The Morgan fingerprint density at radius 2 is 1.79 bits per heavy atom. The van der Waals surface area contributed by atoms with Crippen molar-refractivity contribution >= 4 is 21.6 Å². The van der Waals surface area contributed by atoms with E-state index in [0.717, 1.165) is 18.5 Å². The fourth-order valence-electron chi connectivity index (χ4n) is 2.85. The molecule has 2 aromatic carbocycles. The maximum Gasteiger partial charge on any atom is 0.264 e. The molecule has 0 aliphatic heterocycles. The van der Waals surface area contributed by atoms with Gasteiger partial charge in [0.05, 0.1) is 16.8 Å². The second kappa shape index (κ2) is 8.91. The Morgan fingerprint density at radius 1 is 1.10 bits per heavy atom. The van der Waals surface area contributed by atoms with E-state index in [-0.39, 0.29) is 10.8 Å². The van der Waals surface area contributed by atoms with Gasteiger partial charge in [-0.1, -0.05) is 18.2 Å². The SMILES string of the molecule is Cc1cnn(CCCNC(=O)c2ccc(S(=O)(=O)N(C)c3ccccc3)cc2)c1. The van der Waals surface area contributed by atoms with Crippen molar-refractivity contribution in [1.82, 2.24) is 15.1 Å². The van der Waals surface area contributed by atoms with Gasteiger partial charge in [-0.05, 0) is 55.3 Å². The molecule has 1 amide bonds. The molecule has 0 bridgehead atoms. The first kappa shape index (κ1) is 20.6. The number of carbonyl (C=O) groups is 1. The molecule has 0 saturated heterocycles. The minimum Gasteiger partial charge on any atom is -0.352 e. The molecule has 0 aliphatic rings. The Balaban J connectivity index is 1.58. The van der Waals surface area contributed by atoms with Gasteiger partial charge in [-0.2, -0.15) is 5.10 Å². The molecule has 3 aromatic rings. The van der Waals surface area contributed by atoms with Crippen LogP contribution in [0.1, 0.15) is 22.3 Å². The topological polar surface area (TPSA) is 84.3 Å². The lowest BCUT2D eigenvalue weighted by Gasteiger charge is -2.19. The van der Waals surface area contributed by atoms with Gasteiger partial charge in [0.25, 0.3) is 15.9 Å². The fourth-order valence-corrected chi connectivity index (χ4v) is 4.04.